The number of hydrogen-bond acceptors (Lipinski definition) is 4. The standard InChI is InChI=1S/C13H10BrN3S/c14-9-5-10(18-8-9)6-16-13-7-15-11-3-1-2-4-12(11)17-13/h1-5,7-8H,6H2,(H,16,17). The third-order valence-corrected chi connectivity index (χ3v) is 4.21. The Morgan fingerprint density at radius 1 is 1.22 bits per heavy atom. The number of nitrogens with zero attached hydrogens (tertiary/aromatic N) is 2. The molecule has 2 aromatic heterocycles. The van der Waals surface area contributed by atoms with E-state index in [2.05, 4.69) is 42.7 Å². The first-order valence-electron chi connectivity index (χ1n) is 5.50. The number of thiophene rings is 1. The van der Waals surface area contributed by atoms with E-state index < -0.39 is 0 Å². The second kappa shape index (κ2) is 5.04. The van der Waals surface area contributed by atoms with E-state index in [4.69, 9.17) is 0 Å². The van der Waals surface area contributed by atoms with Crippen LogP contribution in [-0.4, -0.2) is 9.97 Å². The first-order chi connectivity index (χ1) is 8.81. The third kappa shape index (κ3) is 2.52. The summed E-state index contributed by atoms with van der Waals surface area (Å²) in [5.41, 5.74) is 1.83. The van der Waals surface area contributed by atoms with E-state index in [0.717, 1.165) is 27.9 Å². The Hall–Kier alpha value is -1.46. The van der Waals surface area contributed by atoms with Crippen molar-refractivity contribution in [1.29, 1.82) is 0 Å². The highest BCUT2D eigenvalue weighted by Crippen LogP contribution is 2.20. The summed E-state index contributed by atoms with van der Waals surface area (Å²) < 4.78 is 1.12. The summed E-state index contributed by atoms with van der Waals surface area (Å²) >= 11 is 5.16. The van der Waals surface area contributed by atoms with Crippen molar-refractivity contribution in [2.45, 2.75) is 6.54 Å². The van der Waals surface area contributed by atoms with Gasteiger partial charge in [-0.25, -0.2) is 4.98 Å². The largest absolute Gasteiger partial charge is 0.364 e. The molecule has 0 unspecified atom stereocenters. The molecule has 0 saturated heterocycles. The van der Waals surface area contributed by atoms with Gasteiger partial charge in [0.2, 0.25) is 0 Å². The lowest BCUT2D eigenvalue weighted by Gasteiger charge is -2.04. The first-order valence-corrected chi connectivity index (χ1v) is 7.17. The van der Waals surface area contributed by atoms with Gasteiger partial charge in [0, 0.05) is 14.7 Å². The van der Waals surface area contributed by atoms with Crippen molar-refractivity contribution in [3.63, 3.8) is 0 Å². The average Bonchev–Trinajstić information content (AvgIpc) is 2.82. The van der Waals surface area contributed by atoms with E-state index in [1.807, 2.05) is 24.3 Å². The van der Waals surface area contributed by atoms with Crippen molar-refractivity contribution in [2.24, 2.45) is 0 Å². The molecule has 3 nitrogen and oxygen atoms in total. The molecule has 0 amide bonds. The lowest BCUT2D eigenvalue weighted by molar-refractivity contribution is 1.14. The zero-order valence-electron chi connectivity index (χ0n) is 9.43. The molecule has 5 heteroatoms. The maximum atomic E-state index is 4.52. The quantitative estimate of drug-likeness (QED) is 0.790. The van der Waals surface area contributed by atoms with Gasteiger partial charge in [-0.15, -0.1) is 11.3 Å². The van der Waals surface area contributed by atoms with Crippen LogP contribution in [0.2, 0.25) is 0 Å². The van der Waals surface area contributed by atoms with Crippen LogP contribution in [0.15, 0.2) is 46.4 Å². The van der Waals surface area contributed by atoms with Crippen LogP contribution in [0.5, 0.6) is 0 Å². The SMILES string of the molecule is Brc1csc(CNc2cnc3ccccc3n2)c1. The highest BCUT2D eigenvalue weighted by atomic mass is 79.9. The minimum Gasteiger partial charge on any atom is -0.364 e. The van der Waals surface area contributed by atoms with Crippen LogP contribution in [0.3, 0.4) is 0 Å². The molecule has 0 spiro atoms. The summed E-state index contributed by atoms with van der Waals surface area (Å²) in [6.45, 7) is 0.767. The molecular formula is C13H10BrN3S. The molecule has 90 valence electrons. The molecule has 0 fully saturated rings. The fourth-order valence-corrected chi connectivity index (χ4v) is 3.06. The summed E-state index contributed by atoms with van der Waals surface area (Å²) in [5, 5.41) is 5.35. The molecule has 0 bridgehead atoms. The van der Waals surface area contributed by atoms with Crippen molar-refractivity contribution in [3.8, 4) is 0 Å². The predicted octanol–water partition coefficient (Wildman–Crippen LogP) is 4.07. The zero-order chi connectivity index (χ0) is 12.4. The number of para-hydroxylation sites is 2. The number of hydrogen-bond donors (Lipinski definition) is 1. The van der Waals surface area contributed by atoms with Gasteiger partial charge in [-0.05, 0) is 34.1 Å². The van der Waals surface area contributed by atoms with Crippen LogP contribution < -0.4 is 5.32 Å². The Kier molecular flexibility index (Phi) is 3.25. The summed E-state index contributed by atoms with van der Waals surface area (Å²) in [6.07, 6.45) is 1.77. The second-order valence-corrected chi connectivity index (χ2v) is 5.74. The van der Waals surface area contributed by atoms with Crippen LogP contribution in [0.25, 0.3) is 11.0 Å². The molecule has 0 aliphatic rings. The fourth-order valence-electron chi connectivity index (χ4n) is 1.67. The minimum absolute atomic E-state index is 0.767. The number of benzene rings is 1. The van der Waals surface area contributed by atoms with Gasteiger partial charge in [0.25, 0.3) is 0 Å². The van der Waals surface area contributed by atoms with Crippen molar-refractivity contribution >= 4 is 44.1 Å². The molecule has 1 N–H and O–H groups in total. The average molecular weight is 320 g/mol. The maximum absolute atomic E-state index is 4.52. The number of nitrogens with one attached hydrogen (secondary N) is 1. The molecule has 0 aliphatic carbocycles. The molecular weight excluding hydrogens is 310 g/mol. The van der Waals surface area contributed by atoms with E-state index in [1.54, 1.807) is 17.5 Å². The van der Waals surface area contributed by atoms with E-state index in [9.17, 15) is 0 Å². The Balaban J connectivity index is 1.78. The lowest BCUT2D eigenvalue weighted by Crippen LogP contribution is -2.00. The van der Waals surface area contributed by atoms with Crippen LogP contribution in [0, 0.1) is 0 Å². The molecule has 3 rings (SSSR count). The van der Waals surface area contributed by atoms with Crippen molar-refractivity contribution < 1.29 is 0 Å². The normalized spacial score (nSPS) is 10.7. The summed E-state index contributed by atoms with van der Waals surface area (Å²) in [5.74, 6) is 0.804. The summed E-state index contributed by atoms with van der Waals surface area (Å²) in [7, 11) is 0. The van der Waals surface area contributed by atoms with Gasteiger partial charge in [-0.3, -0.25) is 4.98 Å². The molecule has 0 saturated carbocycles. The molecule has 3 aromatic rings. The van der Waals surface area contributed by atoms with Gasteiger partial charge in [-0.2, -0.15) is 0 Å². The molecule has 0 radical (unpaired) electrons. The van der Waals surface area contributed by atoms with Gasteiger partial charge in [0.05, 0.1) is 23.8 Å². The van der Waals surface area contributed by atoms with E-state index >= 15 is 0 Å². The number of fused-ring (bicyclic) bond motifs is 1. The third-order valence-electron chi connectivity index (χ3n) is 2.51. The predicted molar refractivity (Wildman–Crippen MR) is 78.9 cm³/mol. The highest BCUT2D eigenvalue weighted by molar-refractivity contribution is 9.10. The Bertz CT molecular complexity index is 681. The van der Waals surface area contributed by atoms with Gasteiger partial charge in [0.1, 0.15) is 5.82 Å². The Morgan fingerprint density at radius 2 is 2.06 bits per heavy atom. The molecule has 2 heterocycles. The van der Waals surface area contributed by atoms with Gasteiger partial charge in [-0.1, -0.05) is 12.1 Å². The maximum Gasteiger partial charge on any atom is 0.145 e. The molecule has 1 aromatic carbocycles. The van der Waals surface area contributed by atoms with Gasteiger partial charge >= 0.3 is 0 Å². The molecule has 18 heavy (non-hydrogen) atoms. The van der Waals surface area contributed by atoms with Crippen LogP contribution >= 0.6 is 27.3 Å². The number of aromatic nitrogens is 2. The van der Waals surface area contributed by atoms with Crippen molar-refractivity contribution in [2.75, 3.05) is 5.32 Å². The van der Waals surface area contributed by atoms with Crippen LogP contribution in [0.4, 0.5) is 5.82 Å². The van der Waals surface area contributed by atoms with E-state index in [0.29, 0.717) is 0 Å². The number of anilines is 1. The monoisotopic (exact) mass is 319 g/mol. The highest BCUT2D eigenvalue weighted by Gasteiger charge is 2.00. The van der Waals surface area contributed by atoms with Crippen molar-refractivity contribution in [3.05, 3.63) is 51.3 Å². The molecule has 0 atom stereocenters. The van der Waals surface area contributed by atoms with Crippen LogP contribution in [-0.2, 0) is 6.54 Å². The van der Waals surface area contributed by atoms with E-state index in [1.165, 1.54) is 4.88 Å². The fraction of sp³-hybridized carbons (Fsp3) is 0.0769. The second-order valence-electron chi connectivity index (χ2n) is 3.83. The lowest BCUT2D eigenvalue weighted by atomic mass is 10.3. The topological polar surface area (TPSA) is 37.8 Å². The summed E-state index contributed by atoms with van der Waals surface area (Å²) in [4.78, 5) is 10.1. The number of halogens is 1. The van der Waals surface area contributed by atoms with Gasteiger partial charge in [0.15, 0.2) is 0 Å². The first kappa shape index (κ1) is 11.6. The Labute approximate surface area is 117 Å². The zero-order valence-corrected chi connectivity index (χ0v) is 11.8. The summed E-state index contributed by atoms with van der Waals surface area (Å²) in [6, 6.07) is 9.97. The van der Waals surface area contributed by atoms with Gasteiger partial charge < -0.3 is 5.32 Å². The van der Waals surface area contributed by atoms with E-state index in [-0.39, 0.29) is 0 Å². The minimum atomic E-state index is 0.767. The number of rotatable bonds is 3. The Morgan fingerprint density at radius 3 is 2.83 bits per heavy atom. The van der Waals surface area contributed by atoms with Crippen molar-refractivity contribution in [1.82, 2.24) is 9.97 Å². The van der Waals surface area contributed by atoms with Crippen LogP contribution in [0.1, 0.15) is 4.88 Å². The molecule has 0 aliphatic heterocycles. The smallest absolute Gasteiger partial charge is 0.145 e.